The SMILES string of the molecule is Cc1c(C(=O)N(c2ccc(O)cc2)c2cc(C#N)n(C(C)C)c2C)cc(-c2cc3c(cc2C(=O)N2Cc4ccccc4C[C@H]2C)CN(C(=O)Cc2ccc(OCCN4CCOCC4)cc2)CC3)n1C. The first-order valence-electron chi connectivity index (χ1n) is 24.0. The van der Waals surface area contributed by atoms with Crippen LogP contribution in [0, 0.1) is 25.2 Å². The predicted octanol–water partition coefficient (Wildman–Crippen LogP) is 8.67. The van der Waals surface area contributed by atoms with Gasteiger partial charge in [-0.15, -0.1) is 0 Å². The zero-order valence-corrected chi connectivity index (χ0v) is 40.5. The summed E-state index contributed by atoms with van der Waals surface area (Å²) in [6.45, 7) is 16.0. The summed E-state index contributed by atoms with van der Waals surface area (Å²) >= 11 is 0. The van der Waals surface area contributed by atoms with Gasteiger partial charge in [0.2, 0.25) is 5.91 Å². The lowest BCUT2D eigenvalue weighted by atomic mass is 9.89. The molecule has 2 aromatic heterocycles. The van der Waals surface area contributed by atoms with Crippen LogP contribution in [0.4, 0.5) is 11.4 Å². The van der Waals surface area contributed by atoms with E-state index in [0.717, 1.165) is 73.0 Å². The monoisotopic (exact) mass is 927 g/mol. The Balaban J connectivity index is 1.04. The smallest absolute Gasteiger partial charge is 0.264 e. The molecule has 13 nitrogen and oxygen atoms in total. The number of morpholine rings is 1. The highest BCUT2D eigenvalue weighted by molar-refractivity contribution is 6.13. The summed E-state index contributed by atoms with van der Waals surface area (Å²) in [7, 11) is 1.92. The molecule has 9 rings (SSSR count). The lowest BCUT2D eigenvalue weighted by Crippen LogP contribution is -2.43. The molecule has 0 radical (unpaired) electrons. The molecule has 0 aliphatic carbocycles. The van der Waals surface area contributed by atoms with E-state index >= 15 is 9.59 Å². The van der Waals surface area contributed by atoms with Crippen molar-refractivity contribution in [3.8, 4) is 28.8 Å². The van der Waals surface area contributed by atoms with E-state index < -0.39 is 0 Å². The third kappa shape index (κ3) is 9.52. The van der Waals surface area contributed by atoms with Crippen molar-refractivity contribution < 1.29 is 29.0 Å². The number of carbonyl (C=O) groups is 3. The van der Waals surface area contributed by atoms with Gasteiger partial charge in [0.1, 0.15) is 29.9 Å². The first kappa shape index (κ1) is 46.9. The molecule has 0 unspecified atom stereocenters. The van der Waals surface area contributed by atoms with Crippen LogP contribution in [0.15, 0.2) is 97.1 Å². The van der Waals surface area contributed by atoms with Crippen molar-refractivity contribution in [3.63, 3.8) is 0 Å². The van der Waals surface area contributed by atoms with Gasteiger partial charge in [-0.05, 0) is 136 Å². The maximum atomic E-state index is 15.2. The van der Waals surface area contributed by atoms with E-state index in [1.807, 2.05) is 102 Å². The van der Waals surface area contributed by atoms with Gasteiger partial charge in [-0.25, -0.2) is 0 Å². The summed E-state index contributed by atoms with van der Waals surface area (Å²) < 4.78 is 15.4. The van der Waals surface area contributed by atoms with Crippen LogP contribution in [0.1, 0.15) is 92.4 Å². The van der Waals surface area contributed by atoms with Crippen molar-refractivity contribution in [2.24, 2.45) is 7.05 Å². The molecular weight excluding hydrogens is 867 g/mol. The number of phenols is 1. The average molecular weight is 928 g/mol. The Morgan fingerprint density at radius 1 is 0.855 bits per heavy atom. The van der Waals surface area contributed by atoms with Gasteiger partial charge in [-0.1, -0.05) is 36.4 Å². The standard InChI is InChI=1S/C56H61N7O6/c1-36(2)62-39(5)52(31-46(62)33-57)63(45-13-15-47(64)16-14-45)56(67)49-32-53(58(6)38(49)4)50-29-42-19-20-60(54(65)28-40-11-17-48(18-12-40)69-26-23-59-21-24-68-25-22-59)34-44(42)30-51(50)55(66)61-35-43-10-8-7-9-41(43)27-37(61)3/h7-18,29-32,36-37,64H,19-28,34-35H2,1-6H3/t37-/m1/s1. The molecule has 356 valence electrons. The van der Waals surface area contributed by atoms with Crippen LogP contribution in [-0.4, -0.2) is 98.7 Å². The Morgan fingerprint density at radius 2 is 1.58 bits per heavy atom. The second kappa shape index (κ2) is 19.8. The van der Waals surface area contributed by atoms with E-state index in [1.165, 1.54) is 5.56 Å². The lowest BCUT2D eigenvalue weighted by Gasteiger charge is -2.36. The van der Waals surface area contributed by atoms with E-state index in [2.05, 4.69) is 36.1 Å². The third-order valence-corrected chi connectivity index (χ3v) is 14.3. The molecule has 1 fully saturated rings. The molecule has 0 spiro atoms. The molecular formula is C56H61N7O6. The highest BCUT2D eigenvalue weighted by Crippen LogP contribution is 2.39. The average Bonchev–Trinajstić information content (AvgIpc) is 3.85. The fourth-order valence-corrected chi connectivity index (χ4v) is 10.3. The Morgan fingerprint density at radius 3 is 2.28 bits per heavy atom. The van der Waals surface area contributed by atoms with Gasteiger partial charge < -0.3 is 33.5 Å². The molecule has 3 aliphatic heterocycles. The second-order valence-electron chi connectivity index (χ2n) is 18.9. The Labute approximate surface area is 404 Å². The van der Waals surface area contributed by atoms with Crippen molar-refractivity contribution in [2.75, 3.05) is 50.9 Å². The van der Waals surface area contributed by atoms with E-state index in [9.17, 15) is 15.2 Å². The van der Waals surface area contributed by atoms with Gasteiger partial charge in [0, 0.05) is 92.3 Å². The number of anilines is 2. The fraction of sp³-hybridized carbons (Fsp3) is 0.357. The number of rotatable bonds is 12. The van der Waals surface area contributed by atoms with E-state index in [-0.39, 0.29) is 42.0 Å². The topological polar surface area (TPSA) is 137 Å². The largest absolute Gasteiger partial charge is 0.508 e. The molecule has 0 saturated carbocycles. The Kier molecular flexibility index (Phi) is 13.5. The number of phenolic OH excluding ortho intramolecular Hbond substituents is 1. The molecule has 3 amide bonds. The molecule has 3 aliphatic rings. The van der Waals surface area contributed by atoms with E-state index in [0.29, 0.717) is 77.8 Å². The van der Waals surface area contributed by atoms with Gasteiger partial charge in [-0.2, -0.15) is 5.26 Å². The lowest BCUT2D eigenvalue weighted by molar-refractivity contribution is -0.131. The summed E-state index contributed by atoms with van der Waals surface area (Å²) in [5.74, 6) is 0.420. The molecule has 4 aromatic carbocycles. The number of carbonyl (C=O) groups excluding carboxylic acids is 3. The predicted molar refractivity (Wildman–Crippen MR) is 266 cm³/mol. The van der Waals surface area contributed by atoms with Crippen LogP contribution in [0.3, 0.4) is 0 Å². The summed E-state index contributed by atoms with van der Waals surface area (Å²) in [5, 5.41) is 20.4. The zero-order valence-electron chi connectivity index (χ0n) is 40.5. The quantitative estimate of drug-likeness (QED) is 0.129. The number of nitriles is 1. The second-order valence-corrected chi connectivity index (χ2v) is 18.9. The first-order valence-corrected chi connectivity index (χ1v) is 24.0. The summed E-state index contributed by atoms with van der Waals surface area (Å²) in [5.41, 5.74) is 10.6. The number of aromatic hydroxyl groups is 1. The Bertz CT molecular complexity index is 2940. The number of nitrogens with zero attached hydrogens (tertiary/aromatic N) is 7. The van der Waals surface area contributed by atoms with Crippen molar-refractivity contribution in [2.45, 2.75) is 79.1 Å². The van der Waals surface area contributed by atoms with E-state index in [4.69, 9.17) is 9.47 Å². The highest BCUT2D eigenvalue weighted by Gasteiger charge is 2.34. The van der Waals surface area contributed by atoms with Gasteiger partial charge in [0.05, 0.1) is 30.9 Å². The molecule has 6 aromatic rings. The summed E-state index contributed by atoms with van der Waals surface area (Å²) in [6, 6.07) is 32.4. The van der Waals surface area contributed by atoms with Crippen LogP contribution in [0.25, 0.3) is 11.3 Å². The van der Waals surface area contributed by atoms with Crippen molar-refractivity contribution in [3.05, 3.63) is 153 Å². The van der Waals surface area contributed by atoms with Crippen LogP contribution in [0.2, 0.25) is 0 Å². The van der Waals surface area contributed by atoms with Crippen molar-refractivity contribution in [1.29, 1.82) is 5.26 Å². The van der Waals surface area contributed by atoms with Crippen molar-refractivity contribution >= 4 is 29.1 Å². The first-order chi connectivity index (χ1) is 33.3. The van der Waals surface area contributed by atoms with E-state index in [1.54, 1.807) is 35.2 Å². The molecule has 1 saturated heterocycles. The van der Waals surface area contributed by atoms with Crippen LogP contribution >= 0.6 is 0 Å². The van der Waals surface area contributed by atoms with Gasteiger partial charge >= 0.3 is 0 Å². The highest BCUT2D eigenvalue weighted by atomic mass is 16.5. The van der Waals surface area contributed by atoms with Gasteiger partial charge in [-0.3, -0.25) is 24.2 Å². The number of amides is 3. The van der Waals surface area contributed by atoms with Crippen LogP contribution in [-0.2, 0) is 48.9 Å². The normalized spacial score (nSPS) is 15.9. The van der Waals surface area contributed by atoms with Gasteiger partial charge in [0.25, 0.3) is 11.8 Å². The Hall–Kier alpha value is -7.14. The number of hydrogen-bond donors (Lipinski definition) is 1. The fourth-order valence-electron chi connectivity index (χ4n) is 10.3. The number of hydrogen-bond acceptors (Lipinski definition) is 8. The number of aromatic nitrogens is 2. The minimum atomic E-state index is -0.319. The molecule has 69 heavy (non-hydrogen) atoms. The number of benzene rings is 4. The molecule has 1 atom stereocenters. The maximum absolute atomic E-state index is 15.2. The summed E-state index contributed by atoms with van der Waals surface area (Å²) in [6.07, 6.45) is 1.58. The molecule has 5 heterocycles. The minimum absolute atomic E-state index is 0.0140. The number of ether oxygens (including phenoxy) is 2. The zero-order chi connectivity index (χ0) is 48.5. The number of fused-ring (bicyclic) bond motifs is 2. The third-order valence-electron chi connectivity index (χ3n) is 14.3. The minimum Gasteiger partial charge on any atom is -0.508 e. The van der Waals surface area contributed by atoms with Crippen LogP contribution in [0.5, 0.6) is 11.5 Å². The molecule has 0 bridgehead atoms. The van der Waals surface area contributed by atoms with Gasteiger partial charge in [0.15, 0.2) is 0 Å². The van der Waals surface area contributed by atoms with Crippen molar-refractivity contribution in [1.82, 2.24) is 23.8 Å². The maximum Gasteiger partial charge on any atom is 0.264 e. The molecule has 13 heteroatoms. The van der Waals surface area contributed by atoms with Crippen LogP contribution < -0.4 is 9.64 Å². The summed E-state index contributed by atoms with van der Waals surface area (Å²) in [4.78, 5) is 52.2. The molecule has 1 N–H and O–H groups in total.